The molecule has 1 aromatic rings. The lowest BCUT2D eigenvalue weighted by Gasteiger charge is -2.16. The van der Waals surface area contributed by atoms with Crippen LogP contribution >= 0.6 is 11.6 Å². The predicted molar refractivity (Wildman–Crippen MR) is 71.3 cm³/mol. The number of amides is 1. The van der Waals surface area contributed by atoms with Crippen LogP contribution in [0.3, 0.4) is 0 Å². The number of carbonyl (C=O) groups is 2. The second kappa shape index (κ2) is 6.99. The molecule has 0 aliphatic heterocycles. The van der Waals surface area contributed by atoms with Gasteiger partial charge in [0.05, 0.1) is 12.1 Å². The molecule has 0 saturated heterocycles. The molecular weight excluding hydrogens is 270 g/mol. The number of ether oxygens (including phenoxy) is 2. The molecule has 0 N–H and O–H groups in total. The zero-order chi connectivity index (χ0) is 14.4. The second-order valence-corrected chi connectivity index (χ2v) is 4.46. The molecule has 0 radical (unpaired) electrons. The molecule has 0 spiro atoms. The number of aryl methyl sites for hydroxylation is 1. The van der Waals surface area contributed by atoms with E-state index < -0.39 is 5.97 Å². The molecule has 6 heteroatoms. The molecule has 0 aliphatic carbocycles. The van der Waals surface area contributed by atoms with Gasteiger partial charge in [0, 0.05) is 7.05 Å². The molecular formula is C13H16ClNO4. The molecule has 0 aromatic heterocycles. The van der Waals surface area contributed by atoms with Crippen LogP contribution in [-0.4, -0.2) is 44.1 Å². The summed E-state index contributed by atoms with van der Waals surface area (Å²) < 4.78 is 9.81. The summed E-state index contributed by atoms with van der Waals surface area (Å²) >= 11 is 5.94. The normalized spacial score (nSPS) is 9.89. The lowest BCUT2D eigenvalue weighted by atomic mass is 10.2. The molecule has 0 heterocycles. The van der Waals surface area contributed by atoms with E-state index in [0.717, 1.165) is 5.56 Å². The average Bonchev–Trinajstić information content (AvgIpc) is 2.39. The van der Waals surface area contributed by atoms with E-state index >= 15 is 0 Å². The Morgan fingerprint density at radius 1 is 1.37 bits per heavy atom. The van der Waals surface area contributed by atoms with Crippen LogP contribution in [0.25, 0.3) is 0 Å². The number of esters is 1. The van der Waals surface area contributed by atoms with Crippen LogP contribution in [0.1, 0.15) is 5.56 Å². The fourth-order valence-corrected chi connectivity index (χ4v) is 1.49. The van der Waals surface area contributed by atoms with Gasteiger partial charge in [-0.2, -0.15) is 0 Å². The van der Waals surface area contributed by atoms with Crippen LogP contribution in [0.5, 0.6) is 5.75 Å². The third kappa shape index (κ3) is 4.79. The van der Waals surface area contributed by atoms with E-state index in [9.17, 15) is 9.59 Å². The fraction of sp³-hybridized carbons (Fsp3) is 0.385. The van der Waals surface area contributed by atoms with Gasteiger partial charge in [-0.25, -0.2) is 0 Å². The van der Waals surface area contributed by atoms with Gasteiger partial charge >= 0.3 is 5.97 Å². The molecule has 0 atom stereocenters. The Balaban J connectivity index is 2.54. The number of benzene rings is 1. The summed E-state index contributed by atoms with van der Waals surface area (Å²) in [4.78, 5) is 24.0. The van der Waals surface area contributed by atoms with Crippen molar-refractivity contribution in [1.29, 1.82) is 0 Å². The quantitative estimate of drug-likeness (QED) is 0.772. The summed E-state index contributed by atoms with van der Waals surface area (Å²) in [5.41, 5.74) is 0.981. The molecule has 0 aliphatic rings. The highest BCUT2D eigenvalue weighted by atomic mass is 35.5. The zero-order valence-electron chi connectivity index (χ0n) is 11.1. The van der Waals surface area contributed by atoms with Crippen molar-refractivity contribution in [2.75, 3.05) is 27.3 Å². The number of halogens is 1. The Morgan fingerprint density at radius 3 is 2.68 bits per heavy atom. The first-order valence-electron chi connectivity index (χ1n) is 5.63. The van der Waals surface area contributed by atoms with Crippen molar-refractivity contribution in [2.45, 2.75) is 6.92 Å². The third-order valence-corrected chi connectivity index (χ3v) is 2.77. The maximum atomic E-state index is 11.7. The topological polar surface area (TPSA) is 55.8 Å². The summed E-state index contributed by atoms with van der Waals surface area (Å²) in [5.74, 6) is -0.367. The minimum Gasteiger partial charge on any atom is -0.482 e. The highest BCUT2D eigenvalue weighted by molar-refractivity contribution is 6.32. The smallest absolute Gasteiger partial charge is 0.325 e. The Hall–Kier alpha value is -1.75. The number of hydrogen-bond donors (Lipinski definition) is 0. The Bertz CT molecular complexity index is 476. The summed E-state index contributed by atoms with van der Waals surface area (Å²) in [5, 5.41) is 0.439. The Morgan fingerprint density at radius 2 is 2.05 bits per heavy atom. The van der Waals surface area contributed by atoms with Crippen molar-refractivity contribution in [3.8, 4) is 5.75 Å². The lowest BCUT2D eigenvalue weighted by molar-refractivity contribution is -0.146. The van der Waals surface area contributed by atoms with Crippen LogP contribution in [-0.2, 0) is 14.3 Å². The van der Waals surface area contributed by atoms with Gasteiger partial charge in [0.25, 0.3) is 5.91 Å². The Labute approximate surface area is 117 Å². The first kappa shape index (κ1) is 15.3. The summed E-state index contributed by atoms with van der Waals surface area (Å²) in [7, 11) is 2.77. The van der Waals surface area contributed by atoms with Gasteiger partial charge < -0.3 is 14.4 Å². The van der Waals surface area contributed by atoms with Crippen molar-refractivity contribution >= 4 is 23.5 Å². The van der Waals surface area contributed by atoms with Gasteiger partial charge in [-0.3, -0.25) is 9.59 Å². The molecule has 5 nitrogen and oxygen atoms in total. The van der Waals surface area contributed by atoms with Crippen LogP contribution in [0.2, 0.25) is 5.02 Å². The standard InChI is InChI=1S/C13H16ClNO4/c1-9-4-5-10(14)11(6-9)19-8-12(16)15(2)7-13(17)18-3/h4-6H,7-8H2,1-3H3. The van der Waals surface area contributed by atoms with E-state index in [2.05, 4.69) is 4.74 Å². The number of rotatable bonds is 5. The monoisotopic (exact) mass is 285 g/mol. The maximum absolute atomic E-state index is 11.7. The van der Waals surface area contributed by atoms with Crippen LogP contribution in [0.4, 0.5) is 0 Å². The number of carbonyl (C=O) groups excluding carboxylic acids is 2. The van der Waals surface area contributed by atoms with Gasteiger partial charge in [-0.05, 0) is 24.6 Å². The van der Waals surface area contributed by atoms with E-state index in [1.54, 1.807) is 12.1 Å². The van der Waals surface area contributed by atoms with Gasteiger partial charge in [0.15, 0.2) is 6.61 Å². The van der Waals surface area contributed by atoms with Crippen LogP contribution in [0.15, 0.2) is 18.2 Å². The highest BCUT2D eigenvalue weighted by Gasteiger charge is 2.14. The Kier molecular flexibility index (Phi) is 5.63. The molecule has 0 saturated carbocycles. The van der Waals surface area contributed by atoms with Crippen LogP contribution in [0, 0.1) is 6.92 Å². The first-order chi connectivity index (χ1) is 8.93. The second-order valence-electron chi connectivity index (χ2n) is 4.05. The number of nitrogens with zero attached hydrogens (tertiary/aromatic N) is 1. The predicted octanol–water partition coefficient (Wildman–Crippen LogP) is 1.66. The van der Waals surface area contributed by atoms with Crippen molar-refractivity contribution in [3.05, 3.63) is 28.8 Å². The molecule has 0 fully saturated rings. The molecule has 104 valence electrons. The van der Waals surface area contributed by atoms with Crippen molar-refractivity contribution in [1.82, 2.24) is 4.90 Å². The van der Waals surface area contributed by atoms with Crippen LogP contribution < -0.4 is 4.74 Å². The molecule has 19 heavy (non-hydrogen) atoms. The van der Waals surface area contributed by atoms with Crippen molar-refractivity contribution < 1.29 is 19.1 Å². The minimum absolute atomic E-state index is 0.111. The first-order valence-corrected chi connectivity index (χ1v) is 6.01. The summed E-state index contributed by atoms with van der Waals surface area (Å²) in [6.45, 7) is 1.60. The zero-order valence-corrected chi connectivity index (χ0v) is 11.9. The minimum atomic E-state index is -0.482. The van der Waals surface area contributed by atoms with E-state index in [4.69, 9.17) is 16.3 Å². The molecule has 0 bridgehead atoms. The summed E-state index contributed by atoms with van der Waals surface area (Å²) in [6.07, 6.45) is 0. The SMILES string of the molecule is COC(=O)CN(C)C(=O)COc1cc(C)ccc1Cl. The molecule has 0 unspecified atom stereocenters. The van der Waals surface area contributed by atoms with Crippen molar-refractivity contribution in [2.24, 2.45) is 0 Å². The fourth-order valence-electron chi connectivity index (χ4n) is 1.32. The van der Waals surface area contributed by atoms with Gasteiger partial charge in [0.2, 0.25) is 0 Å². The van der Waals surface area contributed by atoms with E-state index in [0.29, 0.717) is 10.8 Å². The van der Waals surface area contributed by atoms with E-state index in [1.807, 2.05) is 13.0 Å². The molecule has 1 aromatic carbocycles. The molecule has 1 rings (SSSR count). The third-order valence-electron chi connectivity index (χ3n) is 2.46. The number of methoxy groups -OCH3 is 1. The van der Waals surface area contributed by atoms with E-state index in [1.165, 1.54) is 19.1 Å². The maximum Gasteiger partial charge on any atom is 0.325 e. The van der Waals surface area contributed by atoms with E-state index in [-0.39, 0.29) is 19.1 Å². The van der Waals surface area contributed by atoms with Gasteiger partial charge in [-0.1, -0.05) is 17.7 Å². The molecule has 1 amide bonds. The number of likely N-dealkylation sites (N-methyl/N-ethyl adjacent to an activating group) is 1. The largest absolute Gasteiger partial charge is 0.482 e. The average molecular weight is 286 g/mol. The van der Waals surface area contributed by atoms with Crippen molar-refractivity contribution in [3.63, 3.8) is 0 Å². The lowest BCUT2D eigenvalue weighted by Crippen LogP contribution is -2.35. The number of hydrogen-bond acceptors (Lipinski definition) is 4. The highest BCUT2D eigenvalue weighted by Crippen LogP contribution is 2.25. The van der Waals surface area contributed by atoms with Gasteiger partial charge in [-0.15, -0.1) is 0 Å². The summed E-state index contributed by atoms with van der Waals surface area (Å²) in [6, 6.07) is 5.30. The van der Waals surface area contributed by atoms with Gasteiger partial charge in [0.1, 0.15) is 12.3 Å².